The van der Waals surface area contributed by atoms with E-state index < -0.39 is 11.9 Å². The number of amides is 5. The number of anilines is 1. The van der Waals surface area contributed by atoms with Crippen molar-refractivity contribution in [1.29, 1.82) is 0 Å². The molecule has 5 aromatic rings. The highest BCUT2D eigenvalue weighted by Crippen LogP contribution is 2.38. The molecule has 2 N–H and O–H groups in total. The van der Waals surface area contributed by atoms with Crippen molar-refractivity contribution in [2.75, 3.05) is 44.8 Å². The Labute approximate surface area is 347 Å². The number of aromatic nitrogens is 4. The number of ether oxygens (including phenoxy) is 1. The number of pyridine rings is 2. The number of imide groups is 1. The molecule has 15 nitrogen and oxygen atoms in total. The van der Waals surface area contributed by atoms with Crippen LogP contribution in [-0.4, -0.2) is 105 Å². The van der Waals surface area contributed by atoms with Gasteiger partial charge in [-0.2, -0.15) is 0 Å². The average molecular weight is 810 g/mol. The molecule has 5 amide bonds. The third kappa shape index (κ3) is 7.38. The fraction of sp³-hybridized carbons (Fsp3) is 0.378. The van der Waals surface area contributed by atoms with Gasteiger partial charge in [0.2, 0.25) is 17.7 Å². The second kappa shape index (κ2) is 16.3. The number of imidazole rings is 1. The molecule has 4 aliphatic rings. The van der Waals surface area contributed by atoms with Crippen LogP contribution in [0, 0.1) is 0 Å². The number of fused-ring (bicyclic) bond motifs is 3. The molecule has 2 saturated heterocycles. The van der Waals surface area contributed by atoms with Crippen molar-refractivity contribution < 1.29 is 28.7 Å². The lowest BCUT2D eigenvalue weighted by molar-refractivity contribution is -0.137. The van der Waals surface area contributed by atoms with Crippen molar-refractivity contribution in [3.05, 3.63) is 95.3 Å². The van der Waals surface area contributed by atoms with Gasteiger partial charge >= 0.3 is 0 Å². The lowest BCUT2D eigenvalue weighted by atomic mass is 9.99. The van der Waals surface area contributed by atoms with E-state index in [-0.39, 0.29) is 30.0 Å². The van der Waals surface area contributed by atoms with E-state index in [1.807, 2.05) is 48.5 Å². The van der Waals surface area contributed by atoms with Crippen molar-refractivity contribution in [2.24, 2.45) is 0 Å². The van der Waals surface area contributed by atoms with Crippen LogP contribution in [0.15, 0.2) is 67.0 Å². The highest BCUT2D eigenvalue weighted by molar-refractivity contribution is 6.06. The van der Waals surface area contributed by atoms with Gasteiger partial charge in [-0.05, 0) is 61.4 Å². The lowest BCUT2D eigenvalue weighted by Crippen LogP contribution is -2.52. The zero-order valence-corrected chi connectivity index (χ0v) is 33.8. The molecule has 15 heteroatoms. The number of benzene rings is 2. The summed E-state index contributed by atoms with van der Waals surface area (Å²) in [5, 5.41) is 7.28. The molecule has 1 unspecified atom stereocenters. The molecule has 1 atom stereocenters. The molecular formula is C45H47N9O6. The summed E-state index contributed by atoms with van der Waals surface area (Å²) in [6.45, 7) is 6.29. The summed E-state index contributed by atoms with van der Waals surface area (Å²) < 4.78 is 7.98. The topological polar surface area (TPSA) is 172 Å². The second-order valence-electron chi connectivity index (χ2n) is 16.0. The molecule has 2 aromatic carbocycles. The van der Waals surface area contributed by atoms with Crippen molar-refractivity contribution >= 4 is 46.0 Å². The maximum Gasteiger partial charge on any atom is 0.269 e. The molecule has 0 bridgehead atoms. The first-order valence-electron chi connectivity index (χ1n) is 20.7. The Balaban J connectivity index is 0.842. The summed E-state index contributed by atoms with van der Waals surface area (Å²) in [7, 11) is 1.94. The van der Waals surface area contributed by atoms with Crippen molar-refractivity contribution in [3.8, 4) is 22.5 Å². The van der Waals surface area contributed by atoms with Crippen LogP contribution in [0.1, 0.15) is 82.9 Å². The third-order valence-corrected chi connectivity index (χ3v) is 12.3. The van der Waals surface area contributed by atoms with Crippen LogP contribution in [0.2, 0.25) is 0 Å². The molecular weight excluding hydrogens is 763 g/mol. The molecule has 0 saturated carbocycles. The fourth-order valence-electron chi connectivity index (χ4n) is 9.02. The second-order valence-corrected chi connectivity index (χ2v) is 16.0. The number of rotatable bonds is 10. The Kier molecular flexibility index (Phi) is 10.6. The molecule has 308 valence electrons. The molecule has 2 fully saturated rings. The van der Waals surface area contributed by atoms with Gasteiger partial charge in [0.15, 0.2) is 0 Å². The van der Waals surface area contributed by atoms with Crippen LogP contribution in [0.4, 0.5) is 5.69 Å². The first-order valence-corrected chi connectivity index (χ1v) is 20.7. The van der Waals surface area contributed by atoms with Crippen LogP contribution in [0.25, 0.3) is 33.3 Å². The maximum atomic E-state index is 13.3. The third-order valence-electron chi connectivity index (χ3n) is 12.3. The summed E-state index contributed by atoms with van der Waals surface area (Å²) in [4.78, 5) is 83.1. The molecule has 60 heavy (non-hydrogen) atoms. The SMILES string of the molecule is CC(=O)N1CCn2c(C3CCOCC3)nc(-c3cccc4cc(-c5ccc(C(=O)NCCCN(C)c6cccc7c6CN(C6CCC(=O)NC6=O)C7=O)nc5)ncc34)c2C1. The van der Waals surface area contributed by atoms with Crippen molar-refractivity contribution in [2.45, 2.75) is 70.6 Å². The number of hydrogen-bond donors (Lipinski definition) is 2. The fourth-order valence-corrected chi connectivity index (χ4v) is 9.02. The minimum atomic E-state index is -0.672. The Hall–Kier alpha value is -6.48. The summed E-state index contributed by atoms with van der Waals surface area (Å²) in [5.74, 6) is 0.204. The predicted octanol–water partition coefficient (Wildman–Crippen LogP) is 4.43. The minimum absolute atomic E-state index is 0.0565. The van der Waals surface area contributed by atoms with Crippen LogP contribution in [0.3, 0.4) is 0 Å². The lowest BCUT2D eigenvalue weighted by Gasteiger charge is -2.30. The van der Waals surface area contributed by atoms with Crippen LogP contribution in [-0.2, 0) is 38.8 Å². The van der Waals surface area contributed by atoms with Crippen LogP contribution in [0.5, 0.6) is 0 Å². The molecule has 0 aliphatic carbocycles. The van der Waals surface area contributed by atoms with Gasteiger partial charge in [-0.1, -0.05) is 24.3 Å². The van der Waals surface area contributed by atoms with E-state index in [4.69, 9.17) is 14.7 Å². The smallest absolute Gasteiger partial charge is 0.269 e. The number of nitrogens with one attached hydrogen (secondary N) is 2. The first-order chi connectivity index (χ1) is 29.1. The van der Waals surface area contributed by atoms with E-state index >= 15 is 0 Å². The summed E-state index contributed by atoms with van der Waals surface area (Å²) >= 11 is 0. The standard InChI is InChI=1S/C45H47N9O6/c1-27(55)52-18-19-53-39(26-52)41(50-42(53)28-14-20-60-21-15-28)31-7-3-6-29-22-36(48-24-33(29)31)30-10-11-35(47-23-30)43(57)46-16-5-17-51(2)37-9-4-8-32-34(37)25-54(45(32)59)38-12-13-40(56)49-44(38)58/h3-4,6-11,22-24,28,38H,5,12-21,25-26H2,1-2H3,(H,46,57)(H,49,56,58). The quantitative estimate of drug-likeness (QED) is 0.152. The van der Waals surface area contributed by atoms with Gasteiger partial charge in [0, 0.05) is 118 Å². The highest BCUT2D eigenvalue weighted by Gasteiger charge is 2.40. The molecule has 0 radical (unpaired) electrons. The average Bonchev–Trinajstić information content (AvgIpc) is 3.82. The number of piperidine rings is 1. The monoisotopic (exact) mass is 809 g/mol. The summed E-state index contributed by atoms with van der Waals surface area (Å²) in [5.41, 5.74) is 7.04. The Morgan fingerprint density at radius 3 is 2.55 bits per heavy atom. The van der Waals surface area contributed by atoms with E-state index in [1.165, 1.54) is 0 Å². The maximum absolute atomic E-state index is 13.3. The van der Waals surface area contributed by atoms with E-state index in [2.05, 4.69) is 37.2 Å². The van der Waals surface area contributed by atoms with Gasteiger partial charge in [0.05, 0.1) is 23.6 Å². The van der Waals surface area contributed by atoms with E-state index in [0.29, 0.717) is 62.7 Å². The molecule has 7 heterocycles. The number of carbonyl (C=O) groups excluding carboxylic acids is 5. The van der Waals surface area contributed by atoms with Gasteiger partial charge in [0.25, 0.3) is 11.8 Å². The number of carbonyl (C=O) groups is 5. The van der Waals surface area contributed by atoms with Crippen LogP contribution < -0.4 is 15.5 Å². The Morgan fingerprint density at radius 1 is 0.950 bits per heavy atom. The summed E-state index contributed by atoms with van der Waals surface area (Å²) in [6.07, 6.45) is 6.55. The van der Waals surface area contributed by atoms with Gasteiger partial charge in [-0.3, -0.25) is 39.3 Å². The van der Waals surface area contributed by atoms with E-state index in [1.54, 1.807) is 30.2 Å². The van der Waals surface area contributed by atoms with Gasteiger partial charge in [-0.25, -0.2) is 4.98 Å². The van der Waals surface area contributed by atoms with Crippen molar-refractivity contribution in [1.82, 2.24) is 40.0 Å². The molecule has 0 spiro atoms. The van der Waals surface area contributed by atoms with E-state index in [0.717, 1.165) is 88.7 Å². The zero-order chi connectivity index (χ0) is 41.5. The van der Waals surface area contributed by atoms with Gasteiger partial charge in [-0.15, -0.1) is 0 Å². The van der Waals surface area contributed by atoms with Crippen LogP contribution >= 0.6 is 0 Å². The zero-order valence-electron chi connectivity index (χ0n) is 33.8. The number of hydrogen-bond acceptors (Lipinski definition) is 10. The van der Waals surface area contributed by atoms with Crippen molar-refractivity contribution in [3.63, 3.8) is 0 Å². The molecule has 4 aliphatic heterocycles. The first kappa shape index (κ1) is 39.0. The molecule has 3 aromatic heterocycles. The Bertz CT molecular complexity index is 2530. The van der Waals surface area contributed by atoms with Gasteiger partial charge in [0.1, 0.15) is 17.6 Å². The molecule has 9 rings (SSSR count). The number of nitrogens with zero attached hydrogens (tertiary/aromatic N) is 7. The highest BCUT2D eigenvalue weighted by atomic mass is 16.5. The van der Waals surface area contributed by atoms with Gasteiger partial charge < -0.3 is 29.3 Å². The summed E-state index contributed by atoms with van der Waals surface area (Å²) in [6, 6.07) is 16.6. The van der Waals surface area contributed by atoms with E-state index in [9.17, 15) is 24.0 Å². The normalized spacial score (nSPS) is 18.0. The minimum Gasteiger partial charge on any atom is -0.381 e. The predicted molar refractivity (Wildman–Crippen MR) is 223 cm³/mol. The largest absolute Gasteiger partial charge is 0.381 e. The Morgan fingerprint density at radius 2 is 1.77 bits per heavy atom.